The van der Waals surface area contributed by atoms with Gasteiger partial charge in [-0.25, -0.2) is 0 Å². The van der Waals surface area contributed by atoms with Crippen LogP contribution in [0.5, 0.6) is 5.75 Å². The van der Waals surface area contributed by atoms with E-state index in [2.05, 4.69) is 62.4 Å². The average molecular weight is 343 g/mol. The van der Waals surface area contributed by atoms with Gasteiger partial charge >= 0.3 is 0 Å². The van der Waals surface area contributed by atoms with Gasteiger partial charge in [-0.05, 0) is 54.3 Å². The highest BCUT2D eigenvalue weighted by atomic mass is 16.5. The number of aryl methyl sites for hydroxylation is 1. The molecule has 0 heterocycles. The van der Waals surface area contributed by atoms with Crippen molar-refractivity contribution >= 4 is 5.71 Å². The molecular weight excluding hydrogens is 318 g/mol. The average Bonchev–Trinajstić information content (AvgIpc) is 2.70. The Balaban J connectivity index is 1.63. The van der Waals surface area contributed by atoms with Gasteiger partial charge in [-0.3, -0.25) is 4.99 Å². The fourth-order valence-electron chi connectivity index (χ4n) is 2.77. The minimum absolute atomic E-state index is 0.586. The van der Waals surface area contributed by atoms with Crippen LogP contribution in [-0.4, -0.2) is 5.71 Å². The van der Waals surface area contributed by atoms with E-state index in [1.54, 1.807) is 0 Å². The monoisotopic (exact) mass is 343 g/mol. The van der Waals surface area contributed by atoms with Crippen molar-refractivity contribution in [2.24, 2.45) is 4.99 Å². The molecule has 0 fully saturated rings. The second-order valence-electron chi connectivity index (χ2n) is 6.40. The van der Waals surface area contributed by atoms with Crippen LogP contribution in [0.25, 0.3) is 0 Å². The predicted octanol–water partition coefficient (Wildman–Crippen LogP) is 5.97. The van der Waals surface area contributed by atoms with Crippen LogP contribution in [0.4, 0.5) is 0 Å². The number of nitrogens with zero attached hydrogens (tertiary/aromatic N) is 1. The number of hydrogen-bond donors (Lipinski definition) is 0. The lowest BCUT2D eigenvalue weighted by Gasteiger charge is -2.09. The molecule has 0 atom stereocenters. The van der Waals surface area contributed by atoms with Crippen molar-refractivity contribution in [1.82, 2.24) is 0 Å². The maximum atomic E-state index is 5.86. The first-order valence-corrected chi connectivity index (χ1v) is 9.10. The molecule has 0 aromatic heterocycles. The minimum Gasteiger partial charge on any atom is -0.489 e. The smallest absolute Gasteiger partial charge is 0.119 e. The molecule has 3 aromatic rings. The van der Waals surface area contributed by atoms with E-state index in [1.807, 2.05) is 30.3 Å². The fraction of sp³-hybridized carbons (Fsp3) is 0.208. The van der Waals surface area contributed by atoms with E-state index in [-0.39, 0.29) is 0 Å². The molecule has 0 saturated carbocycles. The zero-order chi connectivity index (χ0) is 18.2. The summed E-state index contributed by atoms with van der Waals surface area (Å²) in [4.78, 5) is 4.81. The van der Waals surface area contributed by atoms with Crippen molar-refractivity contribution in [1.29, 1.82) is 0 Å². The van der Waals surface area contributed by atoms with Crippen LogP contribution >= 0.6 is 0 Å². The minimum atomic E-state index is 0.586. The van der Waals surface area contributed by atoms with Gasteiger partial charge in [-0.1, -0.05) is 67.1 Å². The summed E-state index contributed by atoms with van der Waals surface area (Å²) in [5.74, 6) is 0.881. The molecule has 3 rings (SSSR count). The van der Waals surface area contributed by atoms with Crippen molar-refractivity contribution in [3.8, 4) is 5.75 Å². The van der Waals surface area contributed by atoms with Crippen LogP contribution in [0.1, 0.15) is 35.6 Å². The van der Waals surface area contributed by atoms with Crippen LogP contribution in [-0.2, 0) is 13.2 Å². The molecule has 26 heavy (non-hydrogen) atoms. The van der Waals surface area contributed by atoms with Crippen LogP contribution in [0.2, 0.25) is 0 Å². The molecule has 0 saturated heterocycles. The van der Waals surface area contributed by atoms with Gasteiger partial charge in [-0.15, -0.1) is 0 Å². The van der Waals surface area contributed by atoms with E-state index < -0.39 is 0 Å². The van der Waals surface area contributed by atoms with Crippen molar-refractivity contribution in [2.75, 3.05) is 0 Å². The summed E-state index contributed by atoms with van der Waals surface area (Å²) in [6, 6.07) is 27.0. The summed E-state index contributed by atoms with van der Waals surface area (Å²) >= 11 is 0. The van der Waals surface area contributed by atoms with Crippen LogP contribution < -0.4 is 4.74 Å². The number of aliphatic imine (C=N–C) groups is 1. The van der Waals surface area contributed by atoms with Crippen molar-refractivity contribution in [3.63, 3.8) is 0 Å². The normalized spacial score (nSPS) is 11.4. The van der Waals surface area contributed by atoms with Gasteiger partial charge in [0, 0.05) is 5.71 Å². The second kappa shape index (κ2) is 9.00. The van der Waals surface area contributed by atoms with Crippen LogP contribution in [0.3, 0.4) is 0 Å². The Morgan fingerprint density at radius 1 is 0.808 bits per heavy atom. The van der Waals surface area contributed by atoms with Gasteiger partial charge < -0.3 is 4.74 Å². The molecule has 0 unspecified atom stereocenters. The zero-order valence-electron chi connectivity index (χ0n) is 15.5. The van der Waals surface area contributed by atoms with Gasteiger partial charge in [0.25, 0.3) is 0 Å². The number of ether oxygens (including phenoxy) is 1. The molecule has 0 N–H and O–H groups in total. The zero-order valence-corrected chi connectivity index (χ0v) is 15.5. The third-order valence-corrected chi connectivity index (χ3v) is 4.34. The Labute approximate surface area is 156 Å². The van der Waals surface area contributed by atoms with Crippen molar-refractivity contribution in [2.45, 2.75) is 33.4 Å². The summed E-state index contributed by atoms with van der Waals surface area (Å²) in [6.45, 7) is 5.55. The van der Waals surface area contributed by atoms with E-state index in [4.69, 9.17) is 9.73 Å². The van der Waals surface area contributed by atoms with E-state index >= 15 is 0 Å². The molecule has 2 nitrogen and oxygen atoms in total. The van der Waals surface area contributed by atoms with E-state index in [0.717, 1.165) is 30.0 Å². The van der Waals surface area contributed by atoms with Gasteiger partial charge in [-0.2, -0.15) is 0 Å². The van der Waals surface area contributed by atoms with E-state index in [1.165, 1.54) is 16.7 Å². The van der Waals surface area contributed by atoms with Crippen molar-refractivity contribution in [3.05, 3.63) is 101 Å². The lowest BCUT2D eigenvalue weighted by atomic mass is 10.1. The maximum Gasteiger partial charge on any atom is 0.119 e. The standard InChI is InChI=1S/C24H25NO/c1-3-24(25-17-20-11-9-19(2)10-12-20)22-13-15-23(16-14-22)26-18-21-7-5-4-6-8-21/h4-16H,3,17-18H2,1-2H3. The highest BCUT2D eigenvalue weighted by Crippen LogP contribution is 2.16. The number of benzene rings is 3. The Hall–Kier alpha value is -2.87. The third kappa shape index (κ3) is 5.06. The van der Waals surface area contributed by atoms with E-state index in [0.29, 0.717) is 6.61 Å². The fourth-order valence-corrected chi connectivity index (χ4v) is 2.77. The summed E-state index contributed by atoms with van der Waals surface area (Å²) in [5.41, 5.74) is 5.97. The second-order valence-corrected chi connectivity index (χ2v) is 6.40. The van der Waals surface area contributed by atoms with Crippen LogP contribution in [0.15, 0.2) is 83.9 Å². The lowest BCUT2D eigenvalue weighted by molar-refractivity contribution is 0.306. The molecule has 0 amide bonds. The predicted molar refractivity (Wildman–Crippen MR) is 109 cm³/mol. The first-order valence-electron chi connectivity index (χ1n) is 9.10. The molecule has 132 valence electrons. The number of hydrogen-bond acceptors (Lipinski definition) is 2. The quantitative estimate of drug-likeness (QED) is 0.484. The Kier molecular flexibility index (Phi) is 6.21. The van der Waals surface area contributed by atoms with Gasteiger partial charge in [0.05, 0.1) is 6.54 Å². The van der Waals surface area contributed by atoms with Gasteiger partial charge in [0.1, 0.15) is 12.4 Å². The summed E-state index contributed by atoms with van der Waals surface area (Å²) < 4.78 is 5.86. The number of rotatable bonds is 7. The molecule has 0 spiro atoms. The van der Waals surface area contributed by atoms with Gasteiger partial charge in [0.15, 0.2) is 0 Å². The summed E-state index contributed by atoms with van der Waals surface area (Å²) in [7, 11) is 0. The highest BCUT2D eigenvalue weighted by Gasteiger charge is 2.03. The summed E-state index contributed by atoms with van der Waals surface area (Å²) in [6.07, 6.45) is 0.913. The summed E-state index contributed by atoms with van der Waals surface area (Å²) in [5, 5.41) is 0. The molecular formula is C24H25NO. The third-order valence-electron chi connectivity index (χ3n) is 4.34. The maximum absolute atomic E-state index is 5.86. The SMILES string of the molecule is CCC(=NCc1ccc(C)cc1)c1ccc(OCc2ccccc2)cc1. The molecule has 2 heteroatoms. The highest BCUT2D eigenvalue weighted by molar-refractivity contribution is 6.00. The van der Waals surface area contributed by atoms with E-state index in [9.17, 15) is 0 Å². The molecule has 0 aliphatic rings. The first-order chi connectivity index (χ1) is 12.7. The molecule has 0 aliphatic carbocycles. The molecule has 0 aliphatic heterocycles. The first kappa shape index (κ1) is 17.9. The topological polar surface area (TPSA) is 21.6 Å². The Morgan fingerprint density at radius 2 is 1.50 bits per heavy atom. The van der Waals surface area contributed by atoms with Crippen molar-refractivity contribution < 1.29 is 4.74 Å². The largest absolute Gasteiger partial charge is 0.489 e. The molecule has 3 aromatic carbocycles. The lowest BCUT2D eigenvalue weighted by Crippen LogP contribution is -2.01. The Bertz CT molecular complexity index is 834. The Morgan fingerprint density at radius 3 is 2.15 bits per heavy atom. The van der Waals surface area contributed by atoms with Crippen LogP contribution in [0, 0.1) is 6.92 Å². The van der Waals surface area contributed by atoms with Gasteiger partial charge in [0.2, 0.25) is 0 Å². The molecule has 0 bridgehead atoms. The molecule has 0 radical (unpaired) electrons.